The normalized spacial score (nSPS) is 20.6. The third-order valence-corrected chi connectivity index (χ3v) is 4.05. The van der Waals surface area contributed by atoms with Crippen LogP contribution in [0.4, 0.5) is 0 Å². The first-order valence-electron chi connectivity index (χ1n) is 8.08. The lowest BCUT2D eigenvalue weighted by atomic mass is 10.0. The Labute approximate surface area is 133 Å². The van der Waals surface area contributed by atoms with Crippen molar-refractivity contribution in [2.24, 2.45) is 0 Å². The third-order valence-electron chi connectivity index (χ3n) is 4.05. The zero-order chi connectivity index (χ0) is 15.9. The van der Waals surface area contributed by atoms with Crippen LogP contribution in [0.1, 0.15) is 31.9 Å². The minimum atomic E-state index is -0.000525. The Hall–Kier alpha value is -1.30. The average Bonchev–Trinajstić information content (AvgIpc) is 2.54. The number of rotatable bonds is 7. The standard InChI is InChI=1S/C17H28N2O3/c1-4-9-22-17-10-14(5-6-16(17)21-3)15(12-20)19-8-7-18-13(2)11-19/h5-6,10,13,15,18,20H,4,7-9,11-12H2,1-3H3. The molecule has 22 heavy (non-hydrogen) atoms. The molecule has 5 heteroatoms. The molecule has 1 fully saturated rings. The topological polar surface area (TPSA) is 54.0 Å². The molecular formula is C17H28N2O3. The maximum absolute atomic E-state index is 9.88. The fourth-order valence-electron chi connectivity index (χ4n) is 2.90. The molecule has 0 aliphatic carbocycles. The van der Waals surface area contributed by atoms with E-state index in [0.717, 1.165) is 43.1 Å². The van der Waals surface area contributed by atoms with Gasteiger partial charge in [0, 0.05) is 25.7 Å². The van der Waals surface area contributed by atoms with Gasteiger partial charge in [0.05, 0.1) is 26.4 Å². The first kappa shape index (κ1) is 17.1. The number of aliphatic hydroxyl groups excluding tert-OH is 1. The summed E-state index contributed by atoms with van der Waals surface area (Å²) in [5, 5.41) is 13.3. The van der Waals surface area contributed by atoms with Crippen LogP contribution in [-0.2, 0) is 0 Å². The van der Waals surface area contributed by atoms with Crippen LogP contribution < -0.4 is 14.8 Å². The highest BCUT2D eigenvalue weighted by Crippen LogP contribution is 2.32. The zero-order valence-corrected chi connectivity index (χ0v) is 13.8. The molecule has 0 radical (unpaired) electrons. The van der Waals surface area contributed by atoms with Crippen LogP contribution in [0.2, 0.25) is 0 Å². The minimum absolute atomic E-state index is 0.000525. The van der Waals surface area contributed by atoms with Gasteiger partial charge >= 0.3 is 0 Å². The van der Waals surface area contributed by atoms with E-state index in [2.05, 4.69) is 24.1 Å². The molecule has 2 rings (SSSR count). The molecule has 1 aliphatic rings. The van der Waals surface area contributed by atoms with Crippen molar-refractivity contribution in [2.75, 3.05) is 40.0 Å². The summed E-state index contributed by atoms with van der Waals surface area (Å²) >= 11 is 0. The monoisotopic (exact) mass is 308 g/mol. The van der Waals surface area contributed by atoms with Crippen LogP contribution in [0, 0.1) is 0 Å². The van der Waals surface area contributed by atoms with Gasteiger partial charge in [-0.3, -0.25) is 4.90 Å². The van der Waals surface area contributed by atoms with E-state index in [1.54, 1.807) is 7.11 Å². The van der Waals surface area contributed by atoms with Crippen molar-refractivity contribution in [1.82, 2.24) is 10.2 Å². The van der Waals surface area contributed by atoms with Gasteiger partial charge in [-0.05, 0) is 31.0 Å². The van der Waals surface area contributed by atoms with E-state index < -0.39 is 0 Å². The van der Waals surface area contributed by atoms with E-state index in [1.807, 2.05) is 18.2 Å². The third kappa shape index (κ3) is 4.12. The smallest absolute Gasteiger partial charge is 0.161 e. The summed E-state index contributed by atoms with van der Waals surface area (Å²) in [5.41, 5.74) is 1.07. The van der Waals surface area contributed by atoms with Gasteiger partial charge in [-0.2, -0.15) is 0 Å². The lowest BCUT2D eigenvalue weighted by Crippen LogP contribution is -2.50. The number of hydrogen-bond acceptors (Lipinski definition) is 5. The minimum Gasteiger partial charge on any atom is -0.493 e. The molecule has 2 N–H and O–H groups in total. The number of aliphatic hydroxyl groups is 1. The fourth-order valence-corrected chi connectivity index (χ4v) is 2.90. The average molecular weight is 308 g/mol. The number of benzene rings is 1. The highest BCUT2D eigenvalue weighted by Gasteiger charge is 2.25. The zero-order valence-electron chi connectivity index (χ0n) is 13.8. The van der Waals surface area contributed by atoms with E-state index in [4.69, 9.17) is 9.47 Å². The highest BCUT2D eigenvalue weighted by molar-refractivity contribution is 5.44. The van der Waals surface area contributed by atoms with E-state index >= 15 is 0 Å². The summed E-state index contributed by atoms with van der Waals surface area (Å²) in [7, 11) is 1.65. The largest absolute Gasteiger partial charge is 0.493 e. The van der Waals surface area contributed by atoms with Gasteiger partial charge in [-0.15, -0.1) is 0 Å². The van der Waals surface area contributed by atoms with Gasteiger partial charge in [0.2, 0.25) is 0 Å². The second-order valence-electron chi connectivity index (χ2n) is 5.81. The molecule has 1 aromatic rings. The lowest BCUT2D eigenvalue weighted by molar-refractivity contribution is 0.0960. The molecule has 0 bridgehead atoms. The van der Waals surface area contributed by atoms with Crippen molar-refractivity contribution in [3.05, 3.63) is 23.8 Å². The predicted molar refractivity (Wildman–Crippen MR) is 87.6 cm³/mol. The summed E-state index contributed by atoms with van der Waals surface area (Å²) in [4.78, 5) is 2.33. The summed E-state index contributed by atoms with van der Waals surface area (Å²) in [5.74, 6) is 1.49. The van der Waals surface area contributed by atoms with Crippen molar-refractivity contribution >= 4 is 0 Å². The van der Waals surface area contributed by atoms with Crippen molar-refractivity contribution in [3.8, 4) is 11.5 Å². The predicted octanol–water partition coefficient (Wildman–Crippen LogP) is 1.81. The second-order valence-corrected chi connectivity index (χ2v) is 5.81. The summed E-state index contributed by atoms with van der Waals surface area (Å²) in [6.07, 6.45) is 0.951. The molecule has 1 saturated heterocycles. The fraction of sp³-hybridized carbons (Fsp3) is 0.647. The van der Waals surface area contributed by atoms with Crippen LogP contribution in [0.15, 0.2) is 18.2 Å². The van der Waals surface area contributed by atoms with Crippen molar-refractivity contribution in [1.29, 1.82) is 0 Å². The van der Waals surface area contributed by atoms with Crippen molar-refractivity contribution in [2.45, 2.75) is 32.4 Å². The van der Waals surface area contributed by atoms with Gasteiger partial charge < -0.3 is 19.9 Å². The first-order chi connectivity index (χ1) is 10.7. The van der Waals surface area contributed by atoms with Crippen molar-refractivity contribution in [3.63, 3.8) is 0 Å². The van der Waals surface area contributed by atoms with Gasteiger partial charge in [-0.1, -0.05) is 13.0 Å². The molecule has 5 nitrogen and oxygen atoms in total. The maximum atomic E-state index is 9.88. The summed E-state index contributed by atoms with van der Waals surface area (Å²) < 4.78 is 11.1. The Balaban J connectivity index is 2.20. The molecule has 1 aliphatic heterocycles. The Morgan fingerprint density at radius 3 is 2.86 bits per heavy atom. The maximum Gasteiger partial charge on any atom is 0.161 e. The molecule has 2 atom stereocenters. The first-order valence-corrected chi connectivity index (χ1v) is 8.08. The Morgan fingerprint density at radius 2 is 2.23 bits per heavy atom. The van der Waals surface area contributed by atoms with E-state index in [1.165, 1.54) is 0 Å². The summed E-state index contributed by atoms with van der Waals surface area (Å²) in [6.45, 7) is 7.84. The molecular weight excluding hydrogens is 280 g/mol. The van der Waals surface area contributed by atoms with Crippen molar-refractivity contribution < 1.29 is 14.6 Å². The van der Waals surface area contributed by atoms with Gasteiger partial charge in [-0.25, -0.2) is 0 Å². The van der Waals surface area contributed by atoms with Crippen LogP contribution in [0.5, 0.6) is 11.5 Å². The number of piperazine rings is 1. The van der Waals surface area contributed by atoms with E-state index in [-0.39, 0.29) is 12.6 Å². The van der Waals surface area contributed by atoms with Gasteiger partial charge in [0.1, 0.15) is 0 Å². The van der Waals surface area contributed by atoms with Gasteiger partial charge in [0.25, 0.3) is 0 Å². The number of nitrogens with one attached hydrogen (secondary N) is 1. The lowest BCUT2D eigenvalue weighted by Gasteiger charge is -2.37. The van der Waals surface area contributed by atoms with Crippen LogP contribution in [0.3, 0.4) is 0 Å². The summed E-state index contributed by atoms with van der Waals surface area (Å²) in [6, 6.07) is 6.39. The molecule has 0 saturated carbocycles. The van der Waals surface area contributed by atoms with Crippen LogP contribution in [0.25, 0.3) is 0 Å². The number of methoxy groups -OCH3 is 1. The van der Waals surface area contributed by atoms with E-state index in [0.29, 0.717) is 12.6 Å². The molecule has 0 amide bonds. The Bertz CT molecular complexity index is 467. The van der Waals surface area contributed by atoms with Gasteiger partial charge in [0.15, 0.2) is 11.5 Å². The molecule has 1 heterocycles. The molecule has 0 aromatic heterocycles. The van der Waals surface area contributed by atoms with Crippen LogP contribution >= 0.6 is 0 Å². The SMILES string of the molecule is CCCOc1cc(C(CO)N2CCNC(C)C2)ccc1OC. The number of hydrogen-bond donors (Lipinski definition) is 2. The number of nitrogens with zero attached hydrogens (tertiary/aromatic N) is 1. The van der Waals surface area contributed by atoms with E-state index in [9.17, 15) is 5.11 Å². The Morgan fingerprint density at radius 1 is 1.41 bits per heavy atom. The molecule has 2 unspecified atom stereocenters. The second kappa shape index (κ2) is 8.36. The Kier molecular flexibility index (Phi) is 6.49. The number of ether oxygens (including phenoxy) is 2. The molecule has 1 aromatic carbocycles. The highest BCUT2D eigenvalue weighted by atomic mass is 16.5. The van der Waals surface area contributed by atoms with Crippen LogP contribution in [-0.4, -0.2) is 56.0 Å². The quantitative estimate of drug-likeness (QED) is 0.804. The molecule has 124 valence electrons. The molecule has 0 spiro atoms.